The van der Waals surface area contributed by atoms with Crippen LogP contribution in [0.5, 0.6) is 0 Å². The van der Waals surface area contributed by atoms with Gasteiger partial charge in [-0.05, 0) is 22.6 Å². The molecule has 0 amide bonds. The number of aryl methyl sites for hydroxylation is 2. The Morgan fingerprint density at radius 1 is 1.40 bits per heavy atom. The molecule has 2 aromatic heterocycles. The van der Waals surface area contributed by atoms with Gasteiger partial charge >= 0.3 is 0 Å². The summed E-state index contributed by atoms with van der Waals surface area (Å²) in [6, 6.07) is 1.57. The third-order valence-electron chi connectivity index (χ3n) is 1.97. The Balaban J connectivity index is 2.09. The molecule has 78 valence electrons. The van der Waals surface area contributed by atoms with Crippen LogP contribution in [0.15, 0.2) is 35.8 Å². The summed E-state index contributed by atoms with van der Waals surface area (Å²) in [7, 11) is 0. The largest absolute Gasteiger partial charge is 0.336 e. The van der Waals surface area contributed by atoms with Gasteiger partial charge < -0.3 is 4.57 Å². The van der Waals surface area contributed by atoms with E-state index in [1.807, 2.05) is 10.8 Å². The third kappa shape index (κ3) is 2.65. The van der Waals surface area contributed by atoms with Gasteiger partial charge in [0.2, 0.25) is 0 Å². The first kappa shape index (κ1) is 10.3. The lowest BCUT2D eigenvalue weighted by molar-refractivity contribution is 0.509. The fraction of sp³-hybridized carbons (Fsp3) is 0.222. The lowest BCUT2D eigenvalue weighted by Gasteiger charge is -2.04. The number of rotatable bonds is 3. The van der Waals surface area contributed by atoms with Crippen molar-refractivity contribution in [1.29, 1.82) is 0 Å². The maximum Gasteiger partial charge on any atom is 0.267 e. The molecule has 5 nitrogen and oxygen atoms in total. The maximum atomic E-state index is 11.5. The van der Waals surface area contributed by atoms with Crippen LogP contribution in [0.4, 0.5) is 0 Å². The molecule has 0 aromatic carbocycles. The molecule has 15 heavy (non-hydrogen) atoms. The highest BCUT2D eigenvalue weighted by Gasteiger charge is 1.98. The summed E-state index contributed by atoms with van der Waals surface area (Å²) in [5.74, 6) is 0. The third-order valence-corrected chi connectivity index (χ3v) is 2.56. The van der Waals surface area contributed by atoms with Crippen molar-refractivity contribution < 1.29 is 0 Å². The molecule has 0 atom stereocenters. The van der Waals surface area contributed by atoms with Crippen LogP contribution in [0, 0.1) is 3.57 Å². The molecule has 0 saturated heterocycles. The molecule has 0 unspecified atom stereocenters. The smallest absolute Gasteiger partial charge is 0.267 e. The summed E-state index contributed by atoms with van der Waals surface area (Å²) < 4.78 is 4.21. The van der Waals surface area contributed by atoms with Crippen molar-refractivity contribution in [1.82, 2.24) is 19.3 Å². The van der Waals surface area contributed by atoms with Gasteiger partial charge in [0, 0.05) is 28.6 Å². The number of aromatic nitrogens is 4. The van der Waals surface area contributed by atoms with Crippen molar-refractivity contribution in [2.75, 3.05) is 0 Å². The van der Waals surface area contributed by atoms with E-state index in [0.717, 1.165) is 3.57 Å². The number of imidazole rings is 1. The molecular formula is C9H9IN4O. The SMILES string of the molecule is O=c1cc(I)cnn1CCn1ccnc1. The lowest BCUT2D eigenvalue weighted by Crippen LogP contribution is -2.24. The number of hydrogen-bond acceptors (Lipinski definition) is 3. The van der Waals surface area contributed by atoms with E-state index in [0.29, 0.717) is 13.1 Å². The molecule has 0 N–H and O–H groups in total. The summed E-state index contributed by atoms with van der Waals surface area (Å²) in [5, 5.41) is 4.04. The lowest BCUT2D eigenvalue weighted by atomic mass is 10.5. The highest BCUT2D eigenvalue weighted by atomic mass is 127. The highest BCUT2D eigenvalue weighted by Crippen LogP contribution is 1.96. The molecule has 0 aliphatic rings. The van der Waals surface area contributed by atoms with E-state index in [4.69, 9.17) is 0 Å². The predicted molar refractivity (Wildman–Crippen MR) is 63.4 cm³/mol. The summed E-state index contributed by atoms with van der Waals surface area (Å²) in [5.41, 5.74) is -0.0676. The van der Waals surface area contributed by atoms with Crippen LogP contribution in [0.3, 0.4) is 0 Å². The Labute approximate surface area is 99.9 Å². The Hall–Kier alpha value is -1.18. The van der Waals surface area contributed by atoms with Crippen molar-refractivity contribution in [2.24, 2.45) is 0 Å². The quantitative estimate of drug-likeness (QED) is 0.785. The van der Waals surface area contributed by atoms with E-state index < -0.39 is 0 Å². The maximum absolute atomic E-state index is 11.5. The summed E-state index contributed by atoms with van der Waals surface area (Å²) >= 11 is 2.07. The van der Waals surface area contributed by atoms with Crippen molar-refractivity contribution >= 4 is 22.6 Å². The molecular weight excluding hydrogens is 307 g/mol. The van der Waals surface area contributed by atoms with Gasteiger partial charge in [-0.3, -0.25) is 4.79 Å². The minimum absolute atomic E-state index is 0.0676. The van der Waals surface area contributed by atoms with Gasteiger partial charge in [0.15, 0.2) is 0 Å². The Kier molecular flexibility index (Phi) is 3.14. The predicted octanol–water partition coefficient (Wildman–Crippen LogP) is 0.745. The minimum Gasteiger partial charge on any atom is -0.336 e. The van der Waals surface area contributed by atoms with E-state index in [1.54, 1.807) is 24.8 Å². The molecule has 0 saturated carbocycles. The number of nitrogens with zero attached hydrogens (tertiary/aromatic N) is 4. The van der Waals surface area contributed by atoms with E-state index >= 15 is 0 Å². The van der Waals surface area contributed by atoms with Crippen molar-refractivity contribution in [3.63, 3.8) is 0 Å². The molecule has 0 bridgehead atoms. The Morgan fingerprint density at radius 2 is 2.27 bits per heavy atom. The number of halogens is 1. The Bertz CT molecular complexity index is 491. The van der Waals surface area contributed by atoms with E-state index in [-0.39, 0.29) is 5.56 Å². The summed E-state index contributed by atoms with van der Waals surface area (Å²) in [6.07, 6.45) is 6.97. The average molecular weight is 316 g/mol. The molecule has 0 radical (unpaired) electrons. The fourth-order valence-corrected chi connectivity index (χ4v) is 1.60. The molecule has 0 fully saturated rings. The standard InChI is InChI=1S/C9H9IN4O/c10-8-5-9(15)14(12-6-8)4-3-13-2-1-11-7-13/h1-2,5-7H,3-4H2. The molecule has 0 aliphatic carbocycles. The van der Waals surface area contributed by atoms with E-state index in [1.165, 1.54) is 4.68 Å². The van der Waals surface area contributed by atoms with Gasteiger partial charge in [-0.2, -0.15) is 5.10 Å². The zero-order chi connectivity index (χ0) is 10.7. The van der Waals surface area contributed by atoms with Crippen LogP contribution in [0.2, 0.25) is 0 Å². The van der Waals surface area contributed by atoms with E-state index in [9.17, 15) is 4.79 Å². The van der Waals surface area contributed by atoms with Crippen LogP contribution >= 0.6 is 22.6 Å². The zero-order valence-electron chi connectivity index (χ0n) is 7.88. The molecule has 2 heterocycles. The summed E-state index contributed by atoms with van der Waals surface area (Å²) in [4.78, 5) is 15.4. The van der Waals surface area contributed by atoms with Gasteiger partial charge in [-0.25, -0.2) is 9.67 Å². The summed E-state index contributed by atoms with van der Waals surface area (Å²) in [6.45, 7) is 1.26. The van der Waals surface area contributed by atoms with Crippen LogP contribution in [0.25, 0.3) is 0 Å². The van der Waals surface area contributed by atoms with E-state index in [2.05, 4.69) is 32.7 Å². The fourth-order valence-electron chi connectivity index (χ4n) is 1.21. The minimum atomic E-state index is -0.0676. The second-order valence-corrected chi connectivity index (χ2v) is 4.28. The van der Waals surface area contributed by atoms with Crippen molar-refractivity contribution in [3.05, 3.63) is 44.9 Å². The molecule has 2 rings (SSSR count). The van der Waals surface area contributed by atoms with Crippen LogP contribution in [-0.2, 0) is 13.1 Å². The first-order valence-electron chi connectivity index (χ1n) is 4.44. The van der Waals surface area contributed by atoms with Gasteiger partial charge in [0.1, 0.15) is 0 Å². The topological polar surface area (TPSA) is 52.7 Å². The first-order chi connectivity index (χ1) is 7.25. The second-order valence-electron chi connectivity index (χ2n) is 3.04. The molecule has 6 heteroatoms. The van der Waals surface area contributed by atoms with Crippen LogP contribution < -0.4 is 5.56 Å². The normalized spacial score (nSPS) is 10.5. The first-order valence-corrected chi connectivity index (χ1v) is 5.52. The van der Waals surface area contributed by atoms with Gasteiger partial charge in [-0.15, -0.1) is 0 Å². The molecule has 2 aromatic rings. The molecule has 0 spiro atoms. The number of hydrogen-bond donors (Lipinski definition) is 0. The molecule has 0 aliphatic heterocycles. The monoisotopic (exact) mass is 316 g/mol. The zero-order valence-corrected chi connectivity index (χ0v) is 10.0. The van der Waals surface area contributed by atoms with Crippen molar-refractivity contribution in [2.45, 2.75) is 13.1 Å². The second kappa shape index (κ2) is 4.56. The van der Waals surface area contributed by atoms with Gasteiger partial charge in [0.05, 0.1) is 19.1 Å². The average Bonchev–Trinajstić information content (AvgIpc) is 2.69. The van der Waals surface area contributed by atoms with Crippen LogP contribution in [-0.4, -0.2) is 19.3 Å². The highest BCUT2D eigenvalue weighted by molar-refractivity contribution is 14.1. The van der Waals surface area contributed by atoms with Crippen LogP contribution in [0.1, 0.15) is 0 Å². The van der Waals surface area contributed by atoms with Gasteiger partial charge in [-0.1, -0.05) is 0 Å². The van der Waals surface area contributed by atoms with Gasteiger partial charge in [0.25, 0.3) is 5.56 Å². The Morgan fingerprint density at radius 3 is 2.93 bits per heavy atom. The van der Waals surface area contributed by atoms with Crippen molar-refractivity contribution in [3.8, 4) is 0 Å².